The number of amides is 1. The normalized spacial score (nSPS) is 18.2. The van der Waals surface area contributed by atoms with Crippen LogP contribution >= 0.6 is 0 Å². The maximum atomic E-state index is 12.8. The number of anilines is 2. The molecule has 154 valence electrons. The van der Waals surface area contributed by atoms with Crippen LogP contribution in [0.4, 0.5) is 11.8 Å². The smallest absolute Gasteiger partial charge is 0.253 e. The summed E-state index contributed by atoms with van der Waals surface area (Å²) in [5.74, 6) is 1.90. The van der Waals surface area contributed by atoms with E-state index in [0.717, 1.165) is 62.3 Å². The van der Waals surface area contributed by atoms with Crippen molar-refractivity contribution >= 4 is 17.7 Å². The van der Waals surface area contributed by atoms with Gasteiger partial charge >= 0.3 is 0 Å². The van der Waals surface area contributed by atoms with Gasteiger partial charge in [-0.15, -0.1) is 0 Å². The van der Waals surface area contributed by atoms with E-state index < -0.39 is 0 Å². The molecule has 0 bridgehead atoms. The van der Waals surface area contributed by atoms with Gasteiger partial charge in [0.05, 0.1) is 0 Å². The zero-order valence-electron chi connectivity index (χ0n) is 17.6. The molecule has 2 aliphatic heterocycles. The largest absolute Gasteiger partial charge is 0.354 e. The fourth-order valence-corrected chi connectivity index (χ4v) is 3.86. The first-order valence-electron chi connectivity index (χ1n) is 10.4. The molecule has 7 heteroatoms. The van der Waals surface area contributed by atoms with E-state index >= 15 is 0 Å². The van der Waals surface area contributed by atoms with Crippen LogP contribution < -0.4 is 9.80 Å². The van der Waals surface area contributed by atoms with Crippen LogP contribution in [0.2, 0.25) is 0 Å². The molecule has 0 radical (unpaired) electrons. The predicted octanol–water partition coefficient (Wildman–Crippen LogP) is 1.81. The lowest BCUT2D eigenvalue weighted by Crippen LogP contribution is -2.49. The molecule has 0 spiro atoms. The first-order valence-corrected chi connectivity index (χ1v) is 10.4. The van der Waals surface area contributed by atoms with Crippen LogP contribution in [0.1, 0.15) is 21.6 Å². The van der Waals surface area contributed by atoms with E-state index in [2.05, 4.69) is 32.8 Å². The molecule has 0 N–H and O–H groups in total. The molecule has 4 rings (SSSR count). The highest BCUT2D eigenvalue weighted by atomic mass is 16.2. The number of aromatic nitrogens is 2. The first-order chi connectivity index (χ1) is 14.0. The summed E-state index contributed by atoms with van der Waals surface area (Å²) < 4.78 is 0. The van der Waals surface area contributed by atoms with E-state index in [9.17, 15) is 4.79 Å². The van der Waals surface area contributed by atoms with Crippen molar-refractivity contribution in [2.75, 3.05) is 69.2 Å². The Bertz CT molecular complexity index is 852. The van der Waals surface area contributed by atoms with E-state index in [1.54, 1.807) is 0 Å². The average molecular weight is 395 g/mol. The number of aryl methyl sites for hydroxylation is 2. The Labute approximate surface area is 172 Å². The van der Waals surface area contributed by atoms with Crippen LogP contribution in [0.25, 0.3) is 0 Å². The Morgan fingerprint density at radius 1 is 0.828 bits per heavy atom. The summed E-state index contributed by atoms with van der Waals surface area (Å²) in [7, 11) is 2.16. The number of rotatable bonds is 3. The highest BCUT2D eigenvalue weighted by molar-refractivity contribution is 5.94. The lowest BCUT2D eigenvalue weighted by molar-refractivity contribution is 0.0746. The molecule has 7 nitrogen and oxygen atoms in total. The van der Waals surface area contributed by atoms with Gasteiger partial charge in [0.15, 0.2) is 0 Å². The third-order valence-corrected chi connectivity index (χ3v) is 5.80. The molecule has 0 aliphatic carbocycles. The van der Waals surface area contributed by atoms with E-state index in [0.29, 0.717) is 13.1 Å². The van der Waals surface area contributed by atoms with E-state index in [1.807, 2.05) is 43.0 Å². The molecule has 2 aliphatic rings. The summed E-state index contributed by atoms with van der Waals surface area (Å²) in [6, 6.07) is 9.88. The Hall–Kier alpha value is -2.67. The Morgan fingerprint density at radius 2 is 1.45 bits per heavy atom. The second-order valence-electron chi connectivity index (χ2n) is 8.10. The van der Waals surface area contributed by atoms with Gasteiger partial charge in [-0.1, -0.05) is 17.7 Å². The minimum absolute atomic E-state index is 0.105. The zero-order chi connectivity index (χ0) is 20.4. The van der Waals surface area contributed by atoms with Gasteiger partial charge in [-0.2, -0.15) is 4.98 Å². The molecular weight excluding hydrogens is 364 g/mol. The molecule has 2 fully saturated rings. The van der Waals surface area contributed by atoms with E-state index in [-0.39, 0.29) is 5.91 Å². The van der Waals surface area contributed by atoms with Crippen LogP contribution in [-0.2, 0) is 0 Å². The van der Waals surface area contributed by atoms with Gasteiger partial charge in [0, 0.05) is 69.7 Å². The highest BCUT2D eigenvalue weighted by Crippen LogP contribution is 2.20. The van der Waals surface area contributed by atoms with Crippen molar-refractivity contribution in [1.29, 1.82) is 0 Å². The van der Waals surface area contributed by atoms with Gasteiger partial charge < -0.3 is 19.6 Å². The predicted molar refractivity (Wildman–Crippen MR) is 116 cm³/mol. The average Bonchev–Trinajstić information content (AvgIpc) is 2.74. The summed E-state index contributed by atoms with van der Waals surface area (Å²) in [6.45, 7) is 11.0. The second kappa shape index (κ2) is 8.37. The topological polar surface area (TPSA) is 55.8 Å². The van der Waals surface area contributed by atoms with E-state index in [4.69, 9.17) is 4.98 Å². The van der Waals surface area contributed by atoms with Gasteiger partial charge in [-0.3, -0.25) is 4.79 Å². The van der Waals surface area contributed by atoms with Crippen molar-refractivity contribution in [2.24, 2.45) is 0 Å². The summed E-state index contributed by atoms with van der Waals surface area (Å²) in [5, 5.41) is 0. The molecule has 0 saturated carbocycles. The fourth-order valence-electron chi connectivity index (χ4n) is 3.86. The van der Waals surface area contributed by atoms with Crippen LogP contribution in [0.15, 0.2) is 30.3 Å². The molecule has 3 heterocycles. The lowest BCUT2D eigenvalue weighted by atomic mass is 10.1. The molecule has 1 amide bonds. The van der Waals surface area contributed by atoms with Crippen molar-refractivity contribution in [3.8, 4) is 0 Å². The molecular formula is C22H30N6O. The maximum Gasteiger partial charge on any atom is 0.253 e. The summed E-state index contributed by atoms with van der Waals surface area (Å²) in [6.07, 6.45) is 0. The van der Waals surface area contributed by atoms with E-state index in [1.165, 1.54) is 5.56 Å². The number of carbonyl (C=O) groups is 1. The van der Waals surface area contributed by atoms with Gasteiger partial charge in [0.2, 0.25) is 5.95 Å². The SMILES string of the molecule is Cc1ccc(C(=O)N2CCN(c3nc(C)cc(N4CCN(C)CC4)n3)CC2)cc1. The van der Waals surface area contributed by atoms with Crippen molar-refractivity contribution in [3.63, 3.8) is 0 Å². The molecule has 1 aromatic carbocycles. The zero-order valence-corrected chi connectivity index (χ0v) is 17.6. The van der Waals surface area contributed by atoms with Crippen LogP contribution in [0, 0.1) is 13.8 Å². The number of nitrogens with zero attached hydrogens (tertiary/aromatic N) is 6. The quantitative estimate of drug-likeness (QED) is 0.791. The van der Waals surface area contributed by atoms with Gasteiger partial charge in [-0.05, 0) is 33.0 Å². The monoisotopic (exact) mass is 394 g/mol. The van der Waals surface area contributed by atoms with Gasteiger partial charge in [-0.25, -0.2) is 4.98 Å². The first kappa shape index (κ1) is 19.6. The Kier molecular flexibility index (Phi) is 5.67. The second-order valence-corrected chi connectivity index (χ2v) is 8.10. The summed E-state index contributed by atoms with van der Waals surface area (Å²) in [5.41, 5.74) is 2.91. The summed E-state index contributed by atoms with van der Waals surface area (Å²) >= 11 is 0. The third kappa shape index (κ3) is 4.50. The van der Waals surface area contributed by atoms with Gasteiger partial charge in [0.25, 0.3) is 5.91 Å². The number of carbonyl (C=O) groups excluding carboxylic acids is 1. The third-order valence-electron chi connectivity index (χ3n) is 5.80. The number of likely N-dealkylation sites (N-methyl/N-ethyl adjacent to an activating group) is 1. The summed E-state index contributed by atoms with van der Waals surface area (Å²) in [4.78, 5) is 31.1. The van der Waals surface area contributed by atoms with Crippen LogP contribution in [0.3, 0.4) is 0 Å². The molecule has 0 unspecified atom stereocenters. The minimum atomic E-state index is 0.105. The van der Waals surface area contributed by atoms with Crippen LogP contribution in [-0.4, -0.2) is 85.1 Å². The molecule has 0 atom stereocenters. The standard InChI is InChI=1S/C22H30N6O/c1-17-4-6-19(7-5-17)21(29)27-12-14-28(15-13-27)22-23-18(2)16-20(24-22)26-10-8-25(3)9-11-26/h4-7,16H,8-15H2,1-3H3. The fraction of sp³-hybridized carbons (Fsp3) is 0.500. The van der Waals surface area contributed by atoms with Crippen molar-refractivity contribution < 1.29 is 4.79 Å². The molecule has 2 aromatic rings. The van der Waals surface area contributed by atoms with Crippen molar-refractivity contribution in [1.82, 2.24) is 19.8 Å². The van der Waals surface area contributed by atoms with Gasteiger partial charge in [0.1, 0.15) is 5.82 Å². The lowest BCUT2D eigenvalue weighted by Gasteiger charge is -2.36. The number of piperazine rings is 2. The van der Waals surface area contributed by atoms with Crippen LogP contribution in [0.5, 0.6) is 0 Å². The number of hydrogen-bond acceptors (Lipinski definition) is 6. The highest BCUT2D eigenvalue weighted by Gasteiger charge is 2.25. The minimum Gasteiger partial charge on any atom is -0.354 e. The van der Waals surface area contributed by atoms with Crippen molar-refractivity contribution in [2.45, 2.75) is 13.8 Å². The number of benzene rings is 1. The molecule has 2 saturated heterocycles. The Balaban J connectivity index is 1.41. The number of hydrogen-bond donors (Lipinski definition) is 0. The molecule has 29 heavy (non-hydrogen) atoms. The Morgan fingerprint density at radius 3 is 2.10 bits per heavy atom. The van der Waals surface area contributed by atoms with Crippen molar-refractivity contribution in [3.05, 3.63) is 47.2 Å². The maximum absolute atomic E-state index is 12.8. The molecule has 1 aromatic heterocycles.